The quantitative estimate of drug-likeness (QED) is 0.560. The van der Waals surface area contributed by atoms with Crippen molar-refractivity contribution in [3.63, 3.8) is 0 Å². The zero-order valence-corrected chi connectivity index (χ0v) is 14.5. The molecule has 0 aliphatic heterocycles. The maximum Gasteiger partial charge on any atom is 0.0589 e. The molecule has 0 saturated carbocycles. The van der Waals surface area contributed by atoms with Crippen LogP contribution in [0.1, 0.15) is 47.0 Å². The fraction of sp³-hybridized carbons (Fsp3) is 1.00. The molecule has 0 spiro atoms. The van der Waals surface area contributed by atoms with E-state index in [0.29, 0.717) is 6.04 Å². The highest BCUT2D eigenvalue weighted by atomic mass is 16.5. The van der Waals surface area contributed by atoms with Gasteiger partial charge in [-0.25, -0.2) is 0 Å². The van der Waals surface area contributed by atoms with Gasteiger partial charge in [-0.3, -0.25) is 4.90 Å². The van der Waals surface area contributed by atoms with Crippen molar-refractivity contribution >= 4 is 0 Å². The molecule has 0 aliphatic rings. The topological polar surface area (TPSA) is 33.7 Å². The first-order valence-corrected chi connectivity index (χ1v) is 7.91. The fourth-order valence-corrected chi connectivity index (χ4v) is 2.27. The Hall–Kier alpha value is -0.160. The average molecular weight is 288 g/mol. The first-order valence-electron chi connectivity index (χ1n) is 7.91. The molecule has 4 heteroatoms. The molecule has 122 valence electrons. The van der Waals surface area contributed by atoms with Crippen molar-refractivity contribution in [3.8, 4) is 0 Å². The highest BCUT2D eigenvalue weighted by Gasteiger charge is 2.19. The predicted octanol–water partition coefficient (Wildman–Crippen LogP) is 2.53. The van der Waals surface area contributed by atoms with Crippen LogP contribution in [0.15, 0.2) is 0 Å². The molecule has 0 rings (SSSR count). The van der Waals surface area contributed by atoms with Crippen molar-refractivity contribution in [2.75, 3.05) is 47.1 Å². The van der Waals surface area contributed by atoms with Crippen LogP contribution < -0.4 is 5.32 Å². The van der Waals surface area contributed by atoms with E-state index in [2.05, 4.69) is 37.9 Å². The number of hydrogen-bond donors (Lipinski definition) is 1. The maximum absolute atomic E-state index is 5.26. The lowest BCUT2D eigenvalue weighted by Crippen LogP contribution is -2.49. The zero-order chi connectivity index (χ0) is 15.4. The van der Waals surface area contributed by atoms with Crippen molar-refractivity contribution < 1.29 is 9.47 Å². The van der Waals surface area contributed by atoms with Crippen LogP contribution in [0, 0.1) is 0 Å². The molecule has 20 heavy (non-hydrogen) atoms. The van der Waals surface area contributed by atoms with Gasteiger partial charge >= 0.3 is 0 Å². The van der Waals surface area contributed by atoms with Gasteiger partial charge in [-0.15, -0.1) is 0 Å². The Bertz CT molecular complexity index is 217. The third kappa shape index (κ3) is 10.6. The van der Waals surface area contributed by atoms with Gasteiger partial charge in [0, 0.05) is 52.0 Å². The summed E-state index contributed by atoms with van der Waals surface area (Å²) in [5.74, 6) is 0. The molecular formula is C16H36N2O2. The molecule has 0 amide bonds. The predicted molar refractivity (Wildman–Crippen MR) is 86.4 cm³/mol. The van der Waals surface area contributed by atoms with E-state index in [9.17, 15) is 0 Å². The molecule has 0 heterocycles. The number of ether oxygens (including phenoxy) is 2. The molecule has 1 atom stereocenters. The highest BCUT2D eigenvalue weighted by Crippen LogP contribution is 2.10. The Morgan fingerprint density at radius 2 is 1.70 bits per heavy atom. The van der Waals surface area contributed by atoms with Gasteiger partial charge in [-0.2, -0.15) is 0 Å². The minimum absolute atomic E-state index is 0.172. The van der Waals surface area contributed by atoms with E-state index in [1.807, 2.05) is 0 Å². The summed E-state index contributed by atoms with van der Waals surface area (Å²) in [7, 11) is 3.54. The largest absolute Gasteiger partial charge is 0.385 e. The van der Waals surface area contributed by atoms with Crippen LogP contribution in [0.2, 0.25) is 0 Å². The van der Waals surface area contributed by atoms with E-state index in [-0.39, 0.29) is 5.54 Å². The Kier molecular flexibility index (Phi) is 11.4. The molecule has 0 aromatic heterocycles. The van der Waals surface area contributed by atoms with Gasteiger partial charge in [0.25, 0.3) is 0 Å². The molecule has 0 bridgehead atoms. The van der Waals surface area contributed by atoms with Crippen molar-refractivity contribution in [1.82, 2.24) is 10.2 Å². The number of nitrogens with one attached hydrogen (secondary N) is 1. The van der Waals surface area contributed by atoms with E-state index >= 15 is 0 Å². The van der Waals surface area contributed by atoms with Crippen molar-refractivity contribution in [1.29, 1.82) is 0 Å². The molecule has 0 fully saturated rings. The lowest BCUT2D eigenvalue weighted by Gasteiger charge is -2.34. The Labute approximate surface area is 126 Å². The van der Waals surface area contributed by atoms with Crippen LogP contribution in [-0.2, 0) is 9.47 Å². The van der Waals surface area contributed by atoms with Gasteiger partial charge in [0.1, 0.15) is 0 Å². The Balaban J connectivity index is 4.45. The van der Waals surface area contributed by atoms with Gasteiger partial charge < -0.3 is 14.8 Å². The molecule has 0 saturated heterocycles. The van der Waals surface area contributed by atoms with E-state index < -0.39 is 0 Å². The second kappa shape index (κ2) is 11.5. The standard InChI is InChI=1S/C16H36N2O2/c1-7-9-15(14-17-16(2,3)4)18(11-13-20-6)10-8-12-19-5/h15,17H,7-14H2,1-6H3. The molecule has 0 aliphatic carbocycles. The minimum Gasteiger partial charge on any atom is -0.385 e. The third-order valence-electron chi connectivity index (χ3n) is 3.38. The second-order valence-electron chi connectivity index (χ2n) is 6.45. The molecule has 0 radical (unpaired) electrons. The fourth-order valence-electron chi connectivity index (χ4n) is 2.27. The van der Waals surface area contributed by atoms with Gasteiger partial charge in [0.05, 0.1) is 6.61 Å². The summed E-state index contributed by atoms with van der Waals surface area (Å²) in [6, 6.07) is 0.575. The Morgan fingerprint density at radius 1 is 1.05 bits per heavy atom. The van der Waals surface area contributed by atoms with E-state index in [1.54, 1.807) is 14.2 Å². The summed E-state index contributed by atoms with van der Waals surface area (Å²) in [5, 5.41) is 3.64. The van der Waals surface area contributed by atoms with Crippen LogP contribution >= 0.6 is 0 Å². The summed E-state index contributed by atoms with van der Waals surface area (Å²) in [6.45, 7) is 13.7. The lowest BCUT2D eigenvalue weighted by molar-refractivity contribution is 0.0988. The summed E-state index contributed by atoms with van der Waals surface area (Å²) in [4.78, 5) is 2.55. The maximum atomic E-state index is 5.26. The second-order valence-corrected chi connectivity index (χ2v) is 6.45. The average Bonchev–Trinajstić information content (AvgIpc) is 2.38. The summed E-state index contributed by atoms with van der Waals surface area (Å²) in [6.07, 6.45) is 3.51. The summed E-state index contributed by atoms with van der Waals surface area (Å²) < 4.78 is 10.4. The van der Waals surface area contributed by atoms with Crippen molar-refractivity contribution in [2.45, 2.75) is 58.5 Å². The smallest absolute Gasteiger partial charge is 0.0589 e. The highest BCUT2D eigenvalue weighted by molar-refractivity contribution is 4.79. The first-order chi connectivity index (χ1) is 9.44. The van der Waals surface area contributed by atoms with Crippen LogP contribution in [0.4, 0.5) is 0 Å². The molecular weight excluding hydrogens is 252 g/mol. The molecule has 1 N–H and O–H groups in total. The molecule has 0 aromatic rings. The van der Waals surface area contributed by atoms with Gasteiger partial charge in [-0.05, 0) is 33.6 Å². The zero-order valence-electron chi connectivity index (χ0n) is 14.5. The molecule has 1 unspecified atom stereocenters. The third-order valence-corrected chi connectivity index (χ3v) is 3.38. The Morgan fingerprint density at radius 3 is 2.20 bits per heavy atom. The normalized spacial score (nSPS) is 13.9. The van der Waals surface area contributed by atoms with E-state index in [0.717, 1.165) is 39.3 Å². The van der Waals surface area contributed by atoms with E-state index in [4.69, 9.17) is 9.47 Å². The molecule has 4 nitrogen and oxygen atoms in total. The number of nitrogens with zero attached hydrogens (tertiary/aromatic N) is 1. The van der Waals surface area contributed by atoms with Crippen LogP contribution in [0.5, 0.6) is 0 Å². The van der Waals surface area contributed by atoms with Crippen LogP contribution in [0.25, 0.3) is 0 Å². The van der Waals surface area contributed by atoms with Crippen molar-refractivity contribution in [3.05, 3.63) is 0 Å². The number of methoxy groups -OCH3 is 2. The van der Waals surface area contributed by atoms with Crippen molar-refractivity contribution in [2.24, 2.45) is 0 Å². The minimum atomic E-state index is 0.172. The van der Waals surface area contributed by atoms with E-state index in [1.165, 1.54) is 12.8 Å². The molecule has 0 aromatic carbocycles. The van der Waals surface area contributed by atoms with Gasteiger partial charge in [0.15, 0.2) is 0 Å². The SMILES string of the molecule is CCCC(CNC(C)(C)C)N(CCCOC)CCOC. The van der Waals surface area contributed by atoms with Crippen LogP contribution in [0.3, 0.4) is 0 Å². The summed E-state index contributed by atoms with van der Waals surface area (Å²) in [5.41, 5.74) is 0.172. The van der Waals surface area contributed by atoms with Crippen LogP contribution in [-0.4, -0.2) is 63.5 Å². The lowest BCUT2D eigenvalue weighted by atomic mass is 10.1. The monoisotopic (exact) mass is 288 g/mol. The van der Waals surface area contributed by atoms with Gasteiger partial charge in [0.2, 0.25) is 0 Å². The van der Waals surface area contributed by atoms with Gasteiger partial charge in [-0.1, -0.05) is 13.3 Å². The number of hydrogen-bond acceptors (Lipinski definition) is 4. The summed E-state index contributed by atoms with van der Waals surface area (Å²) >= 11 is 0. The number of rotatable bonds is 12. The first kappa shape index (κ1) is 19.8.